The van der Waals surface area contributed by atoms with Crippen LogP contribution >= 0.6 is 0 Å². The van der Waals surface area contributed by atoms with Crippen molar-refractivity contribution in [3.63, 3.8) is 0 Å². The van der Waals surface area contributed by atoms with Gasteiger partial charge in [-0.1, -0.05) is 11.2 Å². The molecule has 0 radical (unpaired) electrons. The summed E-state index contributed by atoms with van der Waals surface area (Å²) in [6.07, 6.45) is 0. The zero-order valence-corrected chi connectivity index (χ0v) is 11.8. The molecule has 0 aliphatic rings. The lowest BCUT2D eigenvalue weighted by molar-refractivity contribution is 0.0516. The van der Waals surface area contributed by atoms with Crippen LogP contribution in [0, 0.1) is 19.7 Å². The Hall–Kier alpha value is -2.69. The molecule has 108 valence electrons. The zero-order valence-electron chi connectivity index (χ0n) is 11.8. The molecule has 0 bridgehead atoms. The maximum Gasteiger partial charge on any atom is 0.365 e. The van der Waals surface area contributed by atoms with Gasteiger partial charge in [-0.15, -0.1) is 0 Å². The van der Waals surface area contributed by atoms with Gasteiger partial charge in [0.2, 0.25) is 0 Å². The van der Waals surface area contributed by atoms with Crippen molar-refractivity contribution in [2.75, 3.05) is 0 Å². The molecule has 0 amide bonds. The van der Waals surface area contributed by atoms with Gasteiger partial charge in [-0.25, -0.2) is 9.18 Å². The average molecular weight is 286 g/mol. The molecule has 2 rings (SSSR count). The third-order valence-electron chi connectivity index (χ3n) is 3.11. The van der Waals surface area contributed by atoms with E-state index in [0.29, 0.717) is 11.1 Å². The van der Waals surface area contributed by atoms with Gasteiger partial charge in [0.05, 0.1) is 5.56 Å². The number of benzene rings is 2. The fourth-order valence-corrected chi connectivity index (χ4v) is 1.69. The highest BCUT2D eigenvalue weighted by molar-refractivity contribution is 5.98. The van der Waals surface area contributed by atoms with E-state index in [1.165, 1.54) is 24.3 Å². The minimum absolute atomic E-state index is 0.00665. The molecule has 0 atom stereocenters. The summed E-state index contributed by atoms with van der Waals surface area (Å²) in [6, 6.07) is 10.6. The number of nitrogens with two attached hydrogens (primary N) is 1. The van der Waals surface area contributed by atoms with E-state index in [2.05, 4.69) is 5.16 Å². The van der Waals surface area contributed by atoms with E-state index in [0.717, 1.165) is 11.1 Å². The highest BCUT2D eigenvalue weighted by Gasteiger charge is 2.09. The van der Waals surface area contributed by atoms with Crippen molar-refractivity contribution < 1.29 is 14.0 Å². The molecule has 5 heteroatoms. The van der Waals surface area contributed by atoms with Crippen molar-refractivity contribution in [1.29, 1.82) is 0 Å². The predicted molar refractivity (Wildman–Crippen MR) is 78.5 cm³/mol. The quantitative estimate of drug-likeness (QED) is 0.408. The lowest BCUT2D eigenvalue weighted by Crippen LogP contribution is -2.15. The zero-order chi connectivity index (χ0) is 15.4. The van der Waals surface area contributed by atoms with E-state index in [-0.39, 0.29) is 11.7 Å². The third-order valence-corrected chi connectivity index (χ3v) is 3.11. The summed E-state index contributed by atoms with van der Waals surface area (Å²) in [4.78, 5) is 16.7. The number of nitrogens with zero attached hydrogens (tertiary/aromatic N) is 1. The lowest BCUT2D eigenvalue weighted by atomic mass is 10.1. The summed E-state index contributed by atoms with van der Waals surface area (Å²) in [5.74, 6) is -0.964. The summed E-state index contributed by atoms with van der Waals surface area (Å²) < 4.78 is 12.8. The van der Waals surface area contributed by atoms with Gasteiger partial charge in [0, 0.05) is 5.56 Å². The topological polar surface area (TPSA) is 64.7 Å². The molecular formula is C16H15FN2O2. The summed E-state index contributed by atoms with van der Waals surface area (Å²) in [5, 5.41) is 3.57. The summed E-state index contributed by atoms with van der Waals surface area (Å²) >= 11 is 0. The van der Waals surface area contributed by atoms with Crippen LogP contribution in [0.2, 0.25) is 0 Å². The summed E-state index contributed by atoms with van der Waals surface area (Å²) in [6.45, 7) is 3.86. The number of hydrogen-bond acceptors (Lipinski definition) is 3. The molecule has 2 aromatic carbocycles. The molecule has 2 N–H and O–H groups in total. The van der Waals surface area contributed by atoms with Gasteiger partial charge in [0.15, 0.2) is 5.84 Å². The molecule has 0 aliphatic heterocycles. The standard InChI is InChI=1S/C16H15FN2O2/c1-10-3-4-13(9-11(10)2)16(20)21-19-15(18)12-5-7-14(17)8-6-12/h3-9H,1-2H3,(H2,18,19). The monoisotopic (exact) mass is 286 g/mol. The second kappa shape index (κ2) is 6.17. The first-order chi connectivity index (χ1) is 9.97. The minimum atomic E-state index is -0.594. The van der Waals surface area contributed by atoms with Gasteiger partial charge in [0.1, 0.15) is 5.82 Å². The molecule has 0 spiro atoms. The molecule has 0 aromatic heterocycles. The predicted octanol–water partition coefficient (Wildman–Crippen LogP) is 2.92. The van der Waals surface area contributed by atoms with Gasteiger partial charge in [-0.05, 0) is 61.4 Å². The normalized spacial score (nSPS) is 11.3. The van der Waals surface area contributed by atoms with E-state index in [1.807, 2.05) is 19.9 Å². The number of carbonyl (C=O) groups is 1. The van der Waals surface area contributed by atoms with Crippen LogP contribution in [0.4, 0.5) is 4.39 Å². The SMILES string of the molecule is Cc1ccc(C(=O)O/N=C(\N)c2ccc(F)cc2)cc1C. The number of halogens is 1. The summed E-state index contributed by atoms with van der Waals surface area (Å²) in [7, 11) is 0. The largest absolute Gasteiger partial charge is 0.380 e. The Labute approximate surface area is 122 Å². The number of amidine groups is 1. The maximum atomic E-state index is 12.8. The Kier molecular flexibility index (Phi) is 4.33. The molecule has 0 saturated heterocycles. The van der Waals surface area contributed by atoms with Crippen molar-refractivity contribution in [2.24, 2.45) is 10.9 Å². The van der Waals surface area contributed by atoms with Crippen molar-refractivity contribution >= 4 is 11.8 Å². The van der Waals surface area contributed by atoms with Crippen LogP contribution in [0.1, 0.15) is 27.0 Å². The van der Waals surface area contributed by atoms with Gasteiger partial charge in [0.25, 0.3) is 0 Å². The van der Waals surface area contributed by atoms with Gasteiger partial charge in [-0.2, -0.15) is 0 Å². The highest BCUT2D eigenvalue weighted by Crippen LogP contribution is 2.11. The molecule has 0 saturated carbocycles. The van der Waals surface area contributed by atoms with Gasteiger partial charge < -0.3 is 10.6 Å². The van der Waals surface area contributed by atoms with Crippen LogP contribution in [-0.2, 0) is 4.84 Å². The number of oxime groups is 1. The molecule has 21 heavy (non-hydrogen) atoms. The van der Waals surface area contributed by atoms with Crippen molar-refractivity contribution in [3.8, 4) is 0 Å². The molecule has 0 heterocycles. The van der Waals surface area contributed by atoms with Crippen LogP contribution in [0.15, 0.2) is 47.6 Å². The first-order valence-electron chi connectivity index (χ1n) is 6.35. The highest BCUT2D eigenvalue weighted by atomic mass is 19.1. The molecule has 0 aliphatic carbocycles. The number of carbonyl (C=O) groups excluding carboxylic acids is 1. The Morgan fingerprint density at radius 1 is 1.05 bits per heavy atom. The molecular weight excluding hydrogens is 271 g/mol. The Morgan fingerprint density at radius 3 is 2.29 bits per heavy atom. The van der Waals surface area contributed by atoms with Crippen molar-refractivity contribution in [3.05, 3.63) is 70.5 Å². The molecule has 0 unspecified atom stereocenters. The van der Waals surface area contributed by atoms with Crippen LogP contribution in [0.25, 0.3) is 0 Å². The van der Waals surface area contributed by atoms with Crippen LogP contribution in [-0.4, -0.2) is 11.8 Å². The van der Waals surface area contributed by atoms with Crippen molar-refractivity contribution in [2.45, 2.75) is 13.8 Å². The second-order valence-electron chi connectivity index (χ2n) is 4.66. The third kappa shape index (κ3) is 3.66. The van der Waals surface area contributed by atoms with Gasteiger partial charge >= 0.3 is 5.97 Å². The molecule has 0 fully saturated rings. The molecule has 2 aromatic rings. The van der Waals surface area contributed by atoms with E-state index >= 15 is 0 Å². The second-order valence-corrected chi connectivity index (χ2v) is 4.66. The minimum Gasteiger partial charge on any atom is -0.380 e. The summed E-state index contributed by atoms with van der Waals surface area (Å²) in [5.41, 5.74) is 8.62. The first kappa shape index (κ1) is 14.7. The van der Waals surface area contributed by atoms with E-state index in [4.69, 9.17) is 10.6 Å². The fraction of sp³-hybridized carbons (Fsp3) is 0.125. The number of hydrogen-bond donors (Lipinski definition) is 1. The Morgan fingerprint density at radius 2 is 1.67 bits per heavy atom. The van der Waals surface area contributed by atoms with E-state index in [9.17, 15) is 9.18 Å². The van der Waals surface area contributed by atoms with Gasteiger partial charge in [-0.3, -0.25) is 0 Å². The first-order valence-corrected chi connectivity index (χ1v) is 6.35. The van der Waals surface area contributed by atoms with Crippen LogP contribution < -0.4 is 5.73 Å². The van der Waals surface area contributed by atoms with E-state index in [1.54, 1.807) is 12.1 Å². The number of rotatable bonds is 3. The maximum absolute atomic E-state index is 12.8. The van der Waals surface area contributed by atoms with E-state index < -0.39 is 5.97 Å². The van der Waals surface area contributed by atoms with Crippen molar-refractivity contribution in [1.82, 2.24) is 0 Å². The number of aryl methyl sites for hydroxylation is 2. The van der Waals surface area contributed by atoms with Crippen LogP contribution in [0.3, 0.4) is 0 Å². The lowest BCUT2D eigenvalue weighted by Gasteiger charge is -2.04. The van der Waals surface area contributed by atoms with Crippen LogP contribution in [0.5, 0.6) is 0 Å². The fourth-order valence-electron chi connectivity index (χ4n) is 1.69. The smallest absolute Gasteiger partial charge is 0.365 e. The molecule has 4 nitrogen and oxygen atoms in total. The average Bonchev–Trinajstić information content (AvgIpc) is 2.48. The Bertz CT molecular complexity index is 694. The Balaban J connectivity index is 2.10.